The normalized spacial score (nSPS) is 21.2. The summed E-state index contributed by atoms with van der Waals surface area (Å²) in [7, 11) is -3.76. The number of sulfonamides is 1. The molecule has 1 saturated carbocycles. The molecule has 2 unspecified atom stereocenters. The van der Waals surface area contributed by atoms with E-state index < -0.39 is 21.8 Å². The number of carbonyl (C=O) groups is 1. The van der Waals surface area contributed by atoms with E-state index in [9.17, 15) is 17.6 Å². The minimum Gasteiger partial charge on any atom is -0.349 e. The molecule has 8 heteroatoms. The van der Waals surface area contributed by atoms with Crippen molar-refractivity contribution in [2.75, 3.05) is 13.1 Å². The van der Waals surface area contributed by atoms with Gasteiger partial charge in [-0.3, -0.25) is 4.79 Å². The number of hydrogen-bond acceptors (Lipinski definition) is 3. The lowest BCUT2D eigenvalue weighted by molar-refractivity contribution is -0.127. The van der Waals surface area contributed by atoms with Crippen molar-refractivity contribution in [3.63, 3.8) is 0 Å². The number of rotatable bonds is 6. The molecule has 2 aromatic carbocycles. The van der Waals surface area contributed by atoms with Gasteiger partial charge in [-0.2, -0.15) is 4.31 Å². The number of piperidine rings is 1. The predicted octanol–water partition coefficient (Wildman–Crippen LogP) is 4.15. The molecular formula is C22H24ClFN2O3S. The predicted molar refractivity (Wildman–Crippen MR) is 113 cm³/mol. The molecule has 1 heterocycles. The van der Waals surface area contributed by atoms with Crippen LogP contribution >= 0.6 is 11.6 Å². The van der Waals surface area contributed by atoms with Crippen molar-refractivity contribution < 1.29 is 17.6 Å². The van der Waals surface area contributed by atoms with Crippen LogP contribution in [0.15, 0.2) is 53.4 Å². The van der Waals surface area contributed by atoms with Gasteiger partial charge in [-0.05, 0) is 73.6 Å². The summed E-state index contributed by atoms with van der Waals surface area (Å²) in [6, 6.07) is 12.2. The van der Waals surface area contributed by atoms with E-state index in [4.69, 9.17) is 11.6 Å². The highest BCUT2D eigenvalue weighted by atomic mass is 35.5. The molecular weight excluding hydrogens is 427 g/mol. The molecule has 1 saturated heterocycles. The second kappa shape index (κ2) is 8.65. The van der Waals surface area contributed by atoms with Gasteiger partial charge >= 0.3 is 0 Å². The van der Waals surface area contributed by atoms with Crippen LogP contribution in [0.2, 0.25) is 5.02 Å². The van der Waals surface area contributed by atoms with Gasteiger partial charge in [0.1, 0.15) is 5.82 Å². The Labute approximate surface area is 181 Å². The molecule has 4 rings (SSSR count). The molecule has 0 radical (unpaired) electrons. The van der Waals surface area contributed by atoms with Crippen molar-refractivity contribution in [3.05, 3.63) is 64.9 Å². The van der Waals surface area contributed by atoms with E-state index in [1.54, 1.807) is 0 Å². The van der Waals surface area contributed by atoms with Crippen LogP contribution in [0.25, 0.3) is 0 Å². The quantitative estimate of drug-likeness (QED) is 0.719. The largest absolute Gasteiger partial charge is 0.349 e. The number of carbonyl (C=O) groups excluding carboxylic acids is 1. The fourth-order valence-corrected chi connectivity index (χ4v) is 5.62. The molecule has 0 aromatic heterocycles. The Morgan fingerprint density at radius 1 is 1.07 bits per heavy atom. The van der Waals surface area contributed by atoms with Crippen molar-refractivity contribution in [1.29, 1.82) is 0 Å². The van der Waals surface area contributed by atoms with Crippen LogP contribution in [0.4, 0.5) is 4.39 Å². The molecule has 160 valence electrons. The number of hydrogen-bond donors (Lipinski definition) is 1. The standard InChI is InChI=1S/C22H24ClFN2O3S/c23-18-7-5-16(6-8-18)21(15-3-4-15)25-22(27)17-2-1-13-26(14-17)30(28,29)20-11-9-19(24)10-12-20/h5-12,15,17,21H,1-4,13-14H2,(H,25,27). The van der Waals surface area contributed by atoms with E-state index in [2.05, 4.69) is 5.32 Å². The maximum atomic E-state index is 13.2. The summed E-state index contributed by atoms with van der Waals surface area (Å²) in [5.41, 5.74) is 1.02. The fraction of sp³-hybridized carbons (Fsp3) is 0.409. The average molecular weight is 451 g/mol. The van der Waals surface area contributed by atoms with Crippen molar-refractivity contribution in [2.24, 2.45) is 11.8 Å². The molecule has 0 bridgehead atoms. The van der Waals surface area contributed by atoms with Gasteiger partial charge in [0, 0.05) is 18.1 Å². The summed E-state index contributed by atoms with van der Waals surface area (Å²) in [4.78, 5) is 13.1. The van der Waals surface area contributed by atoms with Crippen LogP contribution in [0.5, 0.6) is 0 Å². The second-order valence-corrected chi connectivity index (χ2v) is 10.4. The molecule has 30 heavy (non-hydrogen) atoms. The SMILES string of the molecule is O=C(NC(c1ccc(Cl)cc1)C1CC1)C1CCCN(S(=O)(=O)c2ccc(F)cc2)C1. The summed E-state index contributed by atoms with van der Waals surface area (Å²) in [6.45, 7) is 0.482. The molecule has 2 aromatic rings. The maximum absolute atomic E-state index is 13.2. The second-order valence-electron chi connectivity index (χ2n) is 8.03. The summed E-state index contributed by atoms with van der Waals surface area (Å²) < 4.78 is 40.3. The third kappa shape index (κ3) is 4.68. The van der Waals surface area contributed by atoms with Crippen molar-refractivity contribution in [3.8, 4) is 0 Å². The highest BCUT2D eigenvalue weighted by Crippen LogP contribution is 2.41. The number of halogens is 2. The molecule has 1 amide bonds. The Bertz CT molecular complexity index is 1010. The van der Waals surface area contributed by atoms with Crippen molar-refractivity contribution in [2.45, 2.75) is 36.6 Å². The van der Waals surface area contributed by atoms with Crippen LogP contribution in [0.1, 0.15) is 37.3 Å². The molecule has 2 aliphatic rings. The van der Waals surface area contributed by atoms with Gasteiger partial charge in [0.05, 0.1) is 16.9 Å². The van der Waals surface area contributed by atoms with E-state index in [-0.39, 0.29) is 23.4 Å². The van der Waals surface area contributed by atoms with E-state index >= 15 is 0 Å². The number of amides is 1. The summed E-state index contributed by atoms with van der Waals surface area (Å²) in [5, 5.41) is 3.80. The smallest absolute Gasteiger partial charge is 0.243 e. The molecule has 1 aliphatic carbocycles. The molecule has 2 fully saturated rings. The zero-order valence-corrected chi connectivity index (χ0v) is 18.0. The van der Waals surface area contributed by atoms with E-state index in [1.165, 1.54) is 16.4 Å². The average Bonchev–Trinajstić information content (AvgIpc) is 3.58. The monoisotopic (exact) mass is 450 g/mol. The Balaban J connectivity index is 1.46. The van der Waals surface area contributed by atoms with Crippen LogP contribution < -0.4 is 5.32 Å². The third-order valence-corrected chi connectivity index (χ3v) is 7.96. The number of benzene rings is 2. The molecule has 0 spiro atoms. The van der Waals surface area contributed by atoms with Gasteiger partial charge in [-0.1, -0.05) is 23.7 Å². The number of nitrogens with zero attached hydrogens (tertiary/aromatic N) is 1. The number of nitrogens with one attached hydrogen (secondary N) is 1. The highest BCUT2D eigenvalue weighted by molar-refractivity contribution is 7.89. The first-order valence-corrected chi connectivity index (χ1v) is 12.0. The van der Waals surface area contributed by atoms with Crippen molar-refractivity contribution in [1.82, 2.24) is 9.62 Å². The minimum absolute atomic E-state index is 0.0435. The molecule has 1 N–H and O–H groups in total. The Hall–Kier alpha value is -1.96. The van der Waals surface area contributed by atoms with Gasteiger partial charge in [0.25, 0.3) is 0 Å². The first kappa shape index (κ1) is 21.3. The summed E-state index contributed by atoms with van der Waals surface area (Å²) >= 11 is 5.99. The van der Waals surface area contributed by atoms with Crippen LogP contribution in [-0.2, 0) is 14.8 Å². The van der Waals surface area contributed by atoms with E-state index in [0.717, 1.165) is 30.5 Å². The van der Waals surface area contributed by atoms with Crippen LogP contribution in [0.3, 0.4) is 0 Å². The maximum Gasteiger partial charge on any atom is 0.243 e. The van der Waals surface area contributed by atoms with E-state index in [0.29, 0.717) is 30.3 Å². The Morgan fingerprint density at radius 2 is 1.73 bits per heavy atom. The molecule has 2 atom stereocenters. The first-order chi connectivity index (χ1) is 14.3. The van der Waals surface area contributed by atoms with Gasteiger partial charge in [-0.25, -0.2) is 12.8 Å². The minimum atomic E-state index is -3.76. The Morgan fingerprint density at radius 3 is 2.37 bits per heavy atom. The zero-order chi connectivity index (χ0) is 21.3. The van der Waals surface area contributed by atoms with Gasteiger partial charge < -0.3 is 5.32 Å². The molecule has 1 aliphatic heterocycles. The third-order valence-electron chi connectivity index (χ3n) is 5.83. The van der Waals surface area contributed by atoms with Crippen molar-refractivity contribution >= 4 is 27.5 Å². The summed E-state index contributed by atoms with van der Waals surface area (Å²) in [6.07, 6.45) is 3.36. The zero-order valence-electron chi connectivity index (χ0n) is 16.4. The topological polar surface area (TPSA) is 66.5 Å². The van der Waals surface area contributed by atoms with Gasteiger partial charge in [0.15, 0.2) is 0 Å². The van der Waals surface area contributed by atoms with E-state index in [1.807, 2.05) is 24.3 Å². The van der Waals surface area contributed by atoms with Gasteiger partial charge in [-0.15, -0.1) is 0 Å². The Kier molecular flexibility index (Phi) is 6.14. The van der Waals surface area contributed by atoms with Crippen LogP contribution in [0, 0.1) is 17.7 Å². The van der Waals surface area contributed by atoms with Crippen LogP contribution in [-0.4, -0.2) is 31.7 Å². The highest BCUT2D eigenvalue weighted by Gasteiger charge is 2.37. The summed E-state index contributed by atoms with van der Waals surface area (Å²) in [5.74, 6) is -0.626. The first-order valence-electron chi connectivity index (χ1n) is 10.2. The lowest BCUT2D eigenvalue weighted by Gasteiger charge is -2.32. The lowest BCUT2D eigenvalue weighted by atomic mass is 9.96. The fourth-order valence-electron chi connectivity index (χ4n) is 3.97. The lowest BCUT2D eigenvalue weighted by Crippen LogP contribution is -2.46. The van der Waals surface area contributed by atoms with Gasteiger partial charge in [0.2, 0.25) is 15.9 Å². The molecule has 5 nitrogen and oxygen atoms in total.